The molecule has 0 aliphatic carbocycles. The van der Waals surface area contributed by atoms with Crippen LogP contribution in [0.25, 0.3) is 0 Å². The predicted molar refractivity (Wildman–Crippen MR) is 122 cm³/mol. The number of sulfonamides is 1. The number of anilines is 2. The molecule has 0 aromatic heterocycles. The van der Waals surface area contributed by atoms with Gasteiger partial charge in [-0.15, -0.1) is 0 Å². The Hall–Kier alpha value is -2.54. The van der Waals surface area contributed by atoms with Crippen molar-refractivity contribution in [3.63, 3.8) is 0 Å². The number of benzene rings is 2. The van der Waals surface area contributed by atoms with E-state index in [1.807, 2.05) is 6.92 Å². The number of carbonyl (C=O) groups is 1. The normalized spacial score (nSPS) is 18.0. The van der Waals surface area contributed by atoms with E-state index in [-0.39, 0.29) is 17.7 Å². The fourth-order valence-electron chi connectivity index (χ4n) is 3.70. The lowest BCUT2D eigenvalue weighted by Crippen LogP contribution is -2.34. The molecule has 162 valence electrons. The van der Waals surface area contributed by atoms with Gasteiger partial charge < -0.3 is 10.2 Å². The van der Waals surface area contributed by atoms with Gasteiger partial charge >= 0.3 is 0 Å². The maximum absolute atomic E-state index is 12.6. The highest BCUT2D eigenvalue weighted by Crippen LogP contribution is 2.25. The quantitative estimate of drug-likeness (QED) is 0.692. The second kappa shape index (κ2) is 9.51. The van der Waals surface area contributed by atoms with E-state index in [9.17, 15) is 13.2 Å². The molecule has 1 aliphatic rings. The van der Waals surface area contributed by atoms with Crippen LogP contribution in [-0.4, -0.2) is 33.2 Å². The van der Waals surface area contributed by atoms with E-state index in [1.54, 1.807) is 31.2 Å². The maximum Gasteiger partial charge on any atom is 0.251 e. The van der Waals surface area contributed by atoms with Crippen LogP contribution in [0.1, 0.15) is 55.6 Å². The number of piperidine rings is 1. The molecular formula is C23H31N3O3S. The molecule has 1 fully saturated rings. The van der Waals surface area contributed by atoms with E-state index < -0.39 is 10.0 Å². The molecule has 30 heavy (non-hydrogen) atoms. The lowest BCUT2D eigenvalue weighted by molar-refractivity contribution is 0.0940. The van der Waals surface area contributed by atoms with Gasteiger partial charge in [-0.3, -0.25) is 9.52 Å². The summed E-state index contributed by atoms with van der Waals surface area (Å²) in [6.45, 7) is 8.02. The average molecular weight is 430 g/mol. The van der Waals surface area contributed by atoms with Crippen LogP contribution in [0.2, 0.25) is 0 Å². The maximum atomic E-state index is 12.6. The standard InChI is InChI=1S/C23H31N3O3S/c1-4-30(28,29)25-21-11-7-20(8-12-21)23(27)24-18(3)19-9-13-22(14-10-19)26-15-5-6-17(2)16-26/h7-14,17-18,25H,4-6,15-16H2,1-3H3,(H,24,27)/t17-,18-/m0/s1. The van der Waals surface area contributed by atoms with Crippen molar-refractivity contribution in [2.45, 2.75) is 39.7 Å². The van der Waals surface area contributed by atoms with Crippen molar-refractivity contribution in [1.29, 1.82) is 0 Å². The summed E-state index contributed by atoms with van der Waals surface area (Å²) in [6.07, 6.45) is 2.52. The third-order valence-electron chi connectivity index (χ3n) is 5.56. The van der Waals surface area contributed by atoms with Crippen molar-refractivity contribution in [3.05, 3.63) is 59.7 Å². The Balaban J connectivity index is 1.60. The summed E-state index contributed by atoms with van der Waals surface area (Å²) in [7, 11) is -3.33. The first-order valence-corrected chi connectivity index (χ1v) is 12.2. The first kappa shape index (κ1) is 22.2. The SMILES string of the molecule is CCS(=O)(=O)Nc1ccc(C(=O)N[C@@H](C)c2ccc(N3CCC[C@H](C)C3)cc2)cc1. The molecule has 1 saturated heterocycles. The smallest absolute Gasteiger partial charge is 0.251 e. The van der Waals surface area contributed by atoms with Crippen molar-refractivity contribution >= 4 is 27.3 Å². The van der Waals surface area contributed by atoms with Gasteiger partial charge in [-0.25, -0.2) is 8.42 Å². The highest BCUT2D eigenvalue weighted by atomic mass is 32.2. The lowest BCUT2D eigenvalue weighted by Gasteiger charge is -2.33. The number of hydrogen-bond donors (Lipinski definition) is 2. The summed E-state index contributed by atoms with van der Waals surface area (Å²) in [5, 5.41) is 3.01. The zero-order chi connectivity index (χ0) is 21.7. The molecule has 0 bridgehead atoms. The van der Waals surface area contributed by atoms with Gasteiger partial charge in [-0.05, 0) is 74.6 Å². The fourth-order valence-corrected chi connectivity index (χ4v) is 4.34. The number of nitrogens with one attached hydrogen (secondary N) is 2. The predicted octanol–water partition coefficient (Wildman–Crippen LogP) is 4.18. The van der Waals surface area contributed by atoms with Gasteiger partial charge in [-0.1, -0.05) is 19.1 Å². The summed E-state index contributed by atoms with van der Waals surface area (Å²) in [6, 6.07) is 14.7. The number of rotatable bonds is 7. The van der Waals surface area contributed by atoms with E-state index in [0.717, 1.165) is 24.6 Å². The topological polar surface area (TPSA) is 78.5 Å². The molecule has 7 heteroatoms. The third-order valence-corrected chi connectivity index (χ3v) is 6.87. The molecule has 0 saturated carbocycles. The van der Waals surface area contributed by atoms with Gasteiger partial charge in [0.2, 0.25) is 10.0 Å². The third kappa shape index (κ3) is 5.75. The van der Waals surface area contributed by atoms with Gasteiger partial charge in [0.25, 0.3) is 5.91 Å². The molecule has 2 aromatic rings. The Kier molecular flexibility index (Phi) is 7.02. The average Bonchev–Trinajstić information content (AvgIpc) is 2.74. The molecule has 1 amide bonds. The Labute approximate surface area is 179 Å². The van der Waals surface area contributed by atoms with E-state index in [4.69, 9.17) is 0 Å². The van der Waals surface area contributed by atoms with Crippen LogP contribution >= 0.6 is 0 Å². The largest absolute Gasteiger partial charge is 0.371 e. The van der Waals surface area contributed by atoms with Crippen molar-refractivity contribution in [2.24, 2.45) is 5.92 Å². The van der Waals surface area contributed by atoms with E-state index in [1.165, 1.54) is 18.5 Å². The van der Waals surface area contributed by atoms with E-state index in [2.05, 4.69) is 46.1 Å². The Bertz CT molecular complexity index is 956. The van der Waals surface area contributed by atoms with Crippen molar-refractivity contribution < 1.29 is 13.2 Å². The molecular weight excluding hydrogens is 398 g/mol. The fraction of sp³-hybridized carbons (Fsp3) is 0.435. The zero-order valence-corrected chi connectivity index (χ0v) is 18.7. The van der Waals surface area contributed by atoms with Crippen LogP contribution in [0.4, 0.5) is 11.4 Å². The minimum Gasteiger partial charge on any atom is -0.371 e. The summed E-state index contributed by atoms with van der Waals surface area (Å²) in [4.78, 5) is 15.0. The van der Waals surface area contributed by atoms with Gasteiger partial charge in [0.15, 0.2) is 0 Å². The van der Waals surface area contributed by atoms with Crippen molar-refractivity contribution in [1.82, 2.24) is 5.32 Å². The van der Waals surface area contributed by atoms with Gasteiger partial charge in [0, 0.05) is 30.0 Å². The Morgan fingerprint density at radius 1 is 1.13 bits per heavy atom. The molecule has 1 heterocycles. The summed E-state index contributed by atoms with van der Waals surface area (Å²) in [5.74, 6) is 0.532. The van der Waals surface area contributed by atoms with Crippen LogP contribution < -0.4 is 14.9 Å². The lowest BCUT2D eigenvalue weighted by atomic mass is 9.99. The van der Waals surface area contributed by atoms with Gasteiger partial charge in [-0.2, -0.15) is 0 Å². The molecule has 0 unspecified atom stereocenters. The molecule has 2 aromatic carbocycles. The molecule has 0 spiro atoms. The summed E-state index contributed by atoms with van der Waals surface area (Å²) < 4.78 is 25.7. The molecule has 6 nitrogen and oxygen atoms in total. The molecule has 1 aliphatic heterocycles. The second-order valence-corrected chi connectivity index (χ2v) is 10.1. The number of nitrogens with zero attached hydrogens (tertiary/aromatic N) is 1. The van der Waals surface area contributed by atoms with Crippen LogP contribution in [0.15, 0.2) is 48.5 Å². The minimum absolute atomic E-state index is 0.00231. The Morgan fingerprint density at radius 3 is 2.40 bits per heavy atom. The highest BCUT2D eigenvalue weighted by molar-refractivity contribution is 7.92. The van der Waals surface area contributed by atoms with E-state index in [0.29, 0.717) is 11.3 Å². The summed E-state index contributed by atoms with van der Waals surface area (Å²) >= 11 is 0. The molecule has 2 N–H and O–H groups in total. The number of carbonyl (C=O) groups excluding carboxylic acids is 1. The summed E-state index contributed by atoms with van der Waals surface area (Å²) in [5.41, 5.74) is 3.21. The minimum atomic E-state index is -3.33. The molecule has 0 radical (unpaired) electrons. The first-order valence-electron chi connectivity index (χ1n) is 10.5. The number of hydrogen-bond acceptors (Lipinski definition) is 4. The van der Waals surface area contributed by atoms with Crippen LogP contribution in [0.5, 0.6) is 0 Å². The first-order chi connectivity index (χ1) is 14.3. The van der Waals surface area contributed by atoms with Crippen LogP contribution in [0.3, 0.4) is 0 Å². The van der Waals surface area contributed by atoms with Gasteiger partial charge in [0.1, 0.15) is 0 Å². The molecule has 3 rings (SSSR count). The second-order valence-electron chi connectivity index (χ2n) is 8.06. The van der Waals surface area contributed by atoms with Gasteiger partial charge in [0.05, 0.1) is 11.8 Å². The monoisotopic (exact) mass is 429 g/mol. The van der Waals surface area contributed by atoms with Crippen molar-refractivity contribution in [2.75, 3.05) is 28.5 Å². The highest BCUT2D eigenvalue weighted by Gasteiger charge is 2.17. The van der Waals surface area contributed by atoms with E-state index >= 15 is 0 Å². The zero-order valence-electron chi connectivity index (χ0n) is 17.9. The van der Waals surface area contributed by atoms with Crippen molar-refractivity contribution in [3.8, 4) is 0 Å². The van der Waals surface area contributed by atoms with Crippen LogP contribution in [0, 0.1) is 5.92 Å². The number of amides is 1. The van der Waals surface area contributed by atoms with Crippen LogP contribution in [-0.2, 0) is 10.0 Å². The molecule has 2 atom stereocenters. The Morgan fingerprint density at radius 2 is 1.80 bits per heavy atom.